The van der Waals surface area contributed by atoms with Gasteiger partial charge in [-0.3, -0.25) is 19.2 Å². The van der Waals surface area contributed by atoms with Crippen LogP contribution in [0.1, 0.15) is 32.4 Å². The number of rotatable bonds is 2. The molecule has 3 aromatic carbocycles. The molecule has 0 bridgehead atoms. The van der Waals surface area contributed by atoms with Crippen LogP contribution >= 0.6 is 11.6 Å². The summed E-state index contributed by atoms with van der Waals surface area (Å²) in [6, 6.07) is 14.7. The van der Waals surface area contributed by atoms with Gasteiger partial charge in [0.05, 0.1) is 23.6 Å². The van der Waals surface area contributed by atoms with Crippen LogP contribution in [0.2, 0.25) is 5.02 Å². The van der Waals surface area contributed by atoms with Crippen LogP contribution in [-0.2, 0) is 14.3 Å². The number of carbonyl (C=O) groups excluding carboxylic acids is 4. The largest absolute Gasteiger partial charge is 0.349 e. The van der Waals surface area contributed by atoms with Crippen molar-refractivity contribution in [2.75, 3.05) is 4.90 Å². The van der Waals surface area contributed by atoms with Crippen molar-refractivity contribution in [2.24, 2.45) is 11.8 Å². The Labute approximate surface area is 202 Å². The number of hydrogen-bond acceptors (Lipinski definition) is 5. The monoisotopic (exact) mass is 493 g/mol. The van der Waals surface area contributed by atoms with Crippen molar-refractivity contribution in [3.05, 3.63) is 100 Å². The number of halogens is 3. The molecule has 2 saturated heterocycles. The molecule has 9 heteroatoms. The maximum absolute atomic E-state index is 14.7. The molecule has 174 valence electrons. The molecule has 0 N–H and O–H groups in total. The number of imide groups is 1. The highest BCUT2D eigenvalue weighted by Gasteiger charge is 2.74. The molecule has 3 aromatic rings. The van der Waals surface area contributed by atoms with Gasteiger partial charge in [0.25, 0.3) is 0 Å². The van der Waals surface area contributed by atoms with Crippen molar-refractivity contribution in [3.63, 3.8) is 0 Å². The zero-order valence-corrected chi connectivity index (χ0v) is 18.5. The van der Waals surface area contributed by atoms with E-state index in [0.29, 0.717) is 21.6 Å². The molecule has 35 heavy (non-hydrogen) atoms. The summed E-state index contributed by atoms with van der Waals surface area (Å²) in [5, 5.41) is 0.405. The summed E-state index contributed by atoms with van der Waals surface area (Å²) in [5.74, 6) is -8.12. The van der Waals surface area contributed by atoms with E-state index >= 15 is 0 Å². The quantitative estimate of drug-likeness (QED) is 0.392. The van der Waals surface area contributed by atoms with E-state index in [0.717, 1.165) is 12.1 Å². The molecule has 6 nitrogen and oxygen atoms in total. The van der Waals surface area contributed by atoms with Gasteiger partial charge in [-0.25, -0.2) is 13.7 Å². The molecule has 3 aliphatic rings. The Morgan fingerprint density at radius 1 is 0.829 bits per heavy atom. The number of carbonyl (C=O) groups is 4. The third kappa shape index (κ3) is 2.78. The topological polar surface area (TPSA) is 80.8 Å². The Bertz CT molecular complexity index is 1440. The molecule has 2 fully saturated rings. The van der Waals surface area contributed by atoms with Gasteiger partial charge < -0.3 is 4.74 Å². The molecule has 0 radical (unpaired) electrons. The van der Waals surface area contributed by atoms with Crippen molar-refractivity contribution >= 4 is 40.7 Å². The average Bonchev–Trinajstić information content (AvgIpc) is 3.40. The molecule has 3 atom stereocenters. The van der Waals surface area contributed by atoms with Crippen LogP contribution in [0.15, 0.2) is 66.7 Å². The minimum absolute atomic E-state index is 0.0830. The van der Waals surface area contributed by atoms with Crippen molar-refractivity contribution in [1.29, 1.82) is 0 Å². The van der Waals surface area contributed by atoms with Crippen molar-refractivity contribution < 1.29 is 32.7 Å². The smallest absolute Gasteiger partial charge is 0.241 e. The number of amides is 2. The second-order valence-corrected chi connectivity index (χ2v) is 9.08. The van der Waals surface area contributed by atoms with Crippen molar-refractivity contribution in [3.8, 4) is 0 Å². The summed E-state index contributed by atoms with van der Waals surface area (Å²) in [6.45, 7) is 0. The first-order valence-corrected chi connectivity index (χ1v) is 11.1. The number of ether oxygens (including phenoxy) is 1. The van der Waals surface area contributed by atoms with E-state index in [1.807, 2.05) is 0 Å². The van der Waals surface area contributed by atoms with E-state index in [-0.39, 0.29) is 11.1 Å². The average molecular weight is 494 g/mol. The number of benzene rings is 3. The number of anilines is 1. The first kappa shape index (κ1) is 21.8. The summed E-state index contributed by atoms with van der Waals surface area (Å²) in [4.78, 5) is 55.2. The lowest BCUT2D eigenvalue weighted by atomic mass is 9.77. The standard InChI is InChI=1S/C26H14ClF2NO5/c27-13-7-5-12(6-8-13)21-19-20(25(34)30(24(19)33)18-10-9-14(28)11-17(18)29)26(35-21)22(31)15-3-1-2-4-16(15)23(26)32/h1-11,19-21H/t19-,20+,21+/m0/s1. The Morgan fingerprint density at radius 2 is 1.46 bits per heavy atom. The Balaban J connectivity index is 1.55. The SMILES string of the molecule is O=C1[C@@H]2[C@@H](c3ccc(Cl)cc3)OC3(C(=O)c4ccccc4C3=O)[C@H]2C(=O)N1c1ccc(F)cc1F. The highest BCUT2D eigenvalue weighted by molar-refractivity contribution is 6.37. The fourth-order valence-electron chi connectivity index (χ4n) is 5.37. The third-order valence-electron chi connectivity index (χ3n) is 6.87. The van der Waals surface area contributed by atoms with Crippen LogP contribution in [0.4, 0.5) is 14.5 Å². The third-order valence-corrected chi connectivity index (χ3v) is 7.12. The molecule has 2 aliphatic heterocycles. The van der Waals surface area contributed by atoms with Gasteiger partial charge in [0.2, 0.25) is 29.0 Å². The van der Waals surface area contributed by atoms with Gasteiger partial charge in [-0.05, 0) is 29.8 Å². The molecule has 0 unspecified atom stereocenters. The van der Waals surface area contributed by atoms with Crippen LogP contribution < -0.4 is 4.90 Å². The van der Waals surface area contributed by atoms with Gasteiger partial charge in [-0.15, -0.1) is 0 Å². The van der Waals surface area contributed by atoms with E-state index in [1.165, 1.54) is 12.1 Å². The highest BCUT2D eigenvalue weighted by atomic mass is 35.5. The number of ketones is 2. The summed E-state index contributed by atoms with van der Waals surface area (Å²) >= 11 is 5.99. The Hall–Kier alpha value is -3.75. The lowest BCUT2D eigenvalue weighted by molar-refractivity contribution is -0.127. The van der Waals surface area contributed by atoms with E-state index in [4.69, 9.17) is 16.3 Å². The number of nitrogens with zero attached hydrogens (tertiary/aromatic N) is 1. The second kappa shape index (κ2) is 7.37. The van der Waals surface area contributed by atoms with Gasteiger partial charge in [0.1, 0.15) is 11.6 Å². The zero-order chi connectivity index (χ0) is 24.6. The molecule has 2 amide bonds. The van der Waals surface area contributed by atoms with Crippen LogP contribution in [-0.4, -0.2) is 29.0 Å². The fourth-order valence-corrected chi connectivity index (χ4v) is 5.50. The normalized spacial score (nSPS) is 24.4. The first-order valence-electron chi connectivity index (χ1n) is 10.7. The van der Waals surface area contributed by atoms with E-state index in [9.17, 15) is 28.0 Å². The Kier molecular flexibility index (Phi) is 4.58. The minimum atomic E-state index is -2.28. The maximum Gasteiger partial charge on any atom is 0.241 e. The zero-order valence-electron chi connectivity index (χ0n) is 17.7. The lowest BCUT2D eigenvalue weighted by Gasteiger charge is -2.27. The summed E-state index contributed by atoms with van der Waals surface area (Å²) in [6.07, 6.45) is -1.16. The van der Waals surface area contributed by atoms with Gasteiger partial charge in [-0.1, -0.05) is 48.0 Å². The molecular weight excluding hydrogens is 480 g/mol. The first-order chi connectivity index (χ1) is 16.8. The van der Waals surface area contributed by atoms with Crippen LogP contribution in [0.25, 0.3) is 0 Å². The van der Waals surface area contributed by atoms with Crippen LogP contribution in [0.3, 0.4) is 0 Å². The fraction of sp³-hybridized carbons (Fsp3) is 0.154. The number of Topliss-reactive ketones (excluding diaryl/α,β-unsaturated/α-hetero) is 2. The van der Waals surface area contributed by atoms with Gasteiger partial charge >= 0.3 is 0 Å². The molecule has 6 rings (SSSR count). The highest BCUT2D eigenvalue weighted by Crippen LogP contribution is 2.57. The minimum Gasteiger partial charge on any atom is -0.349 e. The summed E-state index contributed by atoms with van der Waals surface area (Å²) in [5.41, 5.74) is -2.16. The second-order valence-electron chi connectivity index (χ2n) is 8.64. The summed E-state index contributed by atoms with van der Waals surface area (Å²) < 4.78 is 34.3. The van der Waals surface area contributed by atoms with E-state index in [1.54, 1.807) is 36.4 Å². The molecule has 0 saturated carbocycles. The van der Waals surface area contributed by atoms with Crippen LogP contribution in [0, 0.1) is 23.5 Å². The predicted molar refractivity (Wildman–Crippen MR) is 119 cm³/mol. The van der Waals surface area contributed by atoms with Crippen molar-refractivity contribution in [2.45, 2.75) is 11.7 Å². The summed E-state index contributed by atoms with van der Waals surface area (Å²) in [7, 11) is 0. The van der Waals surface area contributed by atoms with E-state index < -0.39 is 64.2 Å². The van der Waals surface area contributed by atoms with Crippen molar-refractivity contribution in [1.82, 2.24) is 0 Å². The lowest BCUT2D eigenvalue weighted by Crippen LogP contribution is -2.51. The van der Waals surface area contributed by atoms with Crippen LogP contribution in [0.5, 0.6) is 0 Å². The molecule has 0 aromatic heterocycles. The van der Waals surface area contributed by atoms with E-state index in [2.05, 4.69) is 0 Å². The Morgan fingerprint density at radius 3 is 2.06 bits per heavy atom. The van der Waals surface area contributed by atoms with Gasteiger partial charge in [0.15, 0.2) is 0 Å². The predicted octanol–water partition coefficient (Wildman–Crippen LogP) is 4.31. The number of fused-ring (bicyclic) bond motifs is 3. The molecule has 2 heterocycles. The molecular formula is C26H14ClF2NO5. The molecule has 1 spiro atoms. The number of hydrogen-bond donors (Lipinski definition) is 0. The maximum atomic E-state index is 14.7. The molecule has 1 aliphatic carbocycles. The van der Waals surface area contributed by atoms with Gasteiger partial charge in [0, 0.05) is 22.2 Å². The van der Waals surface area contributed by atoms with Gasteiger partial charge in [-0.2, -0.15) is 0 Å².